The van der Waals surface area contributed by atoms with Gasteiger partial charge in [0.05, 0.1) is 0 Å². The van der Waals surface area contributed by atoms with Gasteiger partial charge in [-0.1, -0.05) is 13.8 Å². The van der Waals surface area contributed by atoms with E-state index in [0.717, 1.165) is 9.34 Å². The van der Waals surface area contributed by atoms with Crippen LogP contribution in [0, 0.1) is 0 Å². The molecule has 0 bridgehead atoms. The van der Waals surface area contributed by atoms with E-state index in [1.807, 2.05) is 18.5 Å². The molecular weight excluding hydrogens is 281 g/mol. The fourth-order valence-corrected chi connectivity index (χ4v) is 4.74. The molecule has 2 rings (SSSR count). The Kier molecular flexibility index (Phi) is 4.50. The van der Waals surface area contributed by atoms with Crippen molar-refractivity contribution in [3.8, 4) is 0 Å². The van der Waals surface area contributed by atoms with E-state index >= 15 is 0 Å². The van der Waals surface area contributed by atoms with E-state index in [-0.39, 0.29) is 49.3 Å². The molecule has 0 aromatic heterocycles. The van der Waals surface area contributed by atoms with Gasteiger partial charge in [-0.2, -0.15) is 0 Å². The van der Waals surface area contributed by atoms with Crippen molar-refractivity contribution in [1.82, 2.24) is 14.0 Å². The molecule has 0 saturated carbocycles. The molecule has 0 aromatic carbocycles. The number of hydrogen-bond acceptors (Lipinski definition) is 5. The lowest BCUT2D eigenvalue weighted by molar-refractivity contribution is -0.134. The number of hydrogen-bond donors (Lipinski definition) is 0. The van der Waals surface area contributed by atoms with Gasteiger partial charge in [0.15, 0.2) is 8.37 Å². The number of rotatable bonds is 5. The van der Waals surface area contributed by atoms with Crippen LogP contribution in [0.2, 0.25) is 0 Å². The predicted molar refractivity (Wildman–Crippen MR) is 72.0 cm³/mol. The van der Waals surface area contributed by atoms with E-state index < -0.39 is 8.37 Å². The Bertz CT molecular complexity index is 396. The zero-order chi connectivity index (χ0) is 14.9. The van der Waals surface area contributed by atoms with Crippen molar-refractivity contribution < 1.29 is 19.2 Å². The van der Waals surface area contributed by atoms with Gasteiger partial charge in [-0.05, 0) is 0 Å². The lowest BCUT2D eigenvalue weighted by atomic mass is 10.4. The molecule has 8 heteroatoms. The summed E-state index contributed by atoms with van der Waals surface area (Å²) in [5, 5.41) is 0. The minimum absolute atomic E-state index is 0.162. The van der Waals surface area contributed by atoms with Crippen molar-refractivity contribution in [2.45, 2.75) is 39.5 Å². The van der Waals surface area contributed by atoms with Crippen LogP contribution in [0.5, 0.6) is 0 Å². The van der Waals surface area contributed by atoms with Gasteiger partial charge in [0.2, 0.25) is 23.6 Å². The maximum atomic E-state index is 12.0. The maximum absolute atomic E-state index is 12.0. The molecule has 7 nitrogen and oxygen atoms in total. The summed E-state index contributed by atoms with van der Waals surface area (Å²) >= 11 is 0. The Morgan fingerprint density at radius 1 is 0.800 bits per heavy atom. The van der Waals surface area contributed by atoms with Gasteiger partial charge < -0.3 is 0 Å². The zero-order valence-corrected chi connectivity index (χ0v) is 12.6. The van der Waals surface area contributed by atoms with Crippen molar-refractivity contribution in [2.75, 3.05) is 13.1 Å². The average molecular weight is 299 g/mol. The van der Waals surface area contributed by atoms with Crippen LogP contribution in [0.25, 0.3) is 0 Å². The monoisotopic (exact) mass is 299 g/mol. The third-order valence-corrected chi connectivity index (χ3v) is 6.07. The molecule has 20 heavy (non-hydrogen) atoms. The highest BCUT2D eigenvalue weighted by molar-refractivity contribution is 7.53. The van der Waals surface area contributed by atoms with Crippen LogP contribution in [0.1, 0.15) is 39.5 Å². The number of carbonyl (C=O) groups is 4. The molecule has 0 N–H and O–H groups in total. The molecule has 0 aromatic rings. The molecule has 0 unspecified atom stereocenters. The third kappa shape index (κ3) is 2.47. The molecule has 2 aliphatic rings. The van der Waals surface area contributed by atoms with Gasteiger partial charge in [0.25, 0.3) is 0 Å². The standard InChI is InChI=1S/C12H18N3O4P/c1-3-13(4-2)20(14-9(16)5-6-10(14)17)15-11(18)7-8-12(15)19/h3-8H2,1-2H3. The van der Waals surface area contributed by atoms with Gasteiger partial charge in [-0.25, -0.2) is 14.0 Å². The summed E-state index contributed by atoms with van der Waals surface area (Å²) in [5.74, 6) is -1.16. The van der Waals surface area contributed by atoms with Crippen molar-refractivity contribution in [2.24, 2.45) is 0 Å². The SMILES string of the molecule is CCN(CC)P(N1C(=O)CCC1=O)N1C(=O)CCC1=O. The molecule has 0 radical (unpaired) electrons. The molecule has 4 amide bonds. The maximum Gasteiger partial charge on any atom is 0.235 e. The van der Waals surface area contributed by atoms with Crippen LogP contribution in [-0.2, 0) is 19.2 Å². The number of carbonyl (C=O) groups excluding carboxylic acids is 4. The molecule has 110 valence electrons. The number of imide groups is 2. The average Bonchev–Trinajstić information content (AvgIpc) is 2.92. The van der Waals surface area contributed by atoms with Crippen LogP contribution < -0.4 is 0 Å². The summed E-state index contributed by atoms with van der Waals surface area (Å²) in [6.45, 7) is 4.90. The van der Waals surface area contributed by atoms with E-state index in [2.05, 4.69) is 0 Å². The first kappa shape index (κ1) is 15.1. The summed E-state index contributed by atoms with van der Waals surface area (Å²) in [6.07, 6.45) is 0.647. The first-order valence-electron chi connectivity index (χ1n) is 6.77. The molecular formula is C12H18N3O4P. The smallest absolute Gasteiger partial charge is 0.235 e. The molecule has 0 atom stereocenters. The zero-order valence-electron chi connectivity index (χ0n) is 11.7. The summed E-state index contributed by atoms with van der Waals surface area (Å²) in [6, 6.07) is 0. The Labute approximate surface area is 118 Å². The third-order valence-electron chi connectivity index (χ3n) is 3.39. The van der Waals surface area contributed by atoms with E-state index in [4.69, 9.17) is 0 Å². The fraction of sp³-hybridized carbons (Fsp3) is 0.667. The van der Waals surface area contributed by atoms with Crippen LogP contribution in [-0.4, -0.2) is 50.7 Å². The van der Waals surface area contributed by atoms with Crippen LogP contribution in [0.4, 0.5) is 0 Å². The van der Waals surface area contributed by atoms with E-state index in [9.17, 15) is 19.2 Å². The van der Waals surface area contributed by atoms with Crippen molar-refractivity contribution in [3.05, 3.63) is 0 Å². The highest BCUT2D eigenvalue weighted by Gasteiger charge is 2.47. The molecule has 2 fully saturated rings. The van der Waals surface area contributed by atoms with Gasteiger partial charge in [-0.15, -0.1) is 0 Å². The quantitative estimate of drug-likeness (QED) is 0.555. The summed E-state index contributed by atoms with van der Waals surface area (Å²) in [7, 11) is -1.68. The van der Waals surface area contributed by atoms with Crippen molar-refractivity contribution in [1.29, 1.82) is 0 Å². The normalized spacial score (nSPS) is 20.2. The summed E-state index contributed by atoms with van der Waals surface area (Å²) < 4.78 is 4.13. The summed E-state index contributed by atoms with van der Waals surface area (Å²) in [4.78, 5) is 47.9. The molecule has 0 spiro atoms. The highest BCUT2D eigenvalue weighted by Crippen LogP contribution is 2.52. The lowest BCUT2D eigenvalue weighted by Crippen LogP contribution is -2.42. The Balaban J connectivity index is 2.39. The molecule has 2 heterocycles. The van der Waals surface area contributed by atoms with E-state index in [0.29, 0.717) is 13.1 Å². The molecule has 2 aliphatic heterocycles. The second-order valence-corrected chi connectivity index (χ2v) is 6.51. The highest BCUT2D eigenvalue weighted by atomic mass is 31.2. The minimum Gasteiger partial charge on any atom is -0.274 e. The van der Waals surface area contributed by atoms with E-state index in [1.54, 1.807) is 0 Å². The van der Waals surface area contributed by atoms with Gasteiger partial charge in [0.1, 0.15) is 0 Å². The van der Waals surface area contributed by atoms with Gasteiger partial charge in [-0.3, -0.25) is 19.2 Å². The van der Waals surface area contributed by atoms with Crippen LogP contribution in [0.15, 0.2) is 0 Å². The molecule has 2 saturated heterocycles. The van der Waals surface area contributed by atoms with Gasteiger partial charge in [0, 0.05) is 38.8 Å². The first-order valence-corrected chi connectivity index (χ1v) is 7.97. The van der Waals surface area contributed by atoms with Gasteiger partial charge >= 0.3 is 0 Å². The second kappa shape index (κ2) is 5.97. The topological polar surface area (TPSA) is 78.0 Å². The largest absolute Gasteiger partial charge is 0.274 e. The number of nitrogens with zero attached hydrogens (tertiary/aromatic N) is 3. The van der Waals surface area contributed by atoms with Crippen LogP contribution in [0.3, 0.4) is 0 Å². The van der Waals surface area contributed by atoms with Crippen molar-refractivity contribution in [3.63, 3.8) is 0 Å². The Morgan fingerprint density at radius 3 is 1.35 bits per heavy atom. The fourth-order valence-electron chi connectivity index (χ4n) is 2.35. The molecule has 0 aliphatic carbocycles. The Hall–Kier alpha value is -1.33. The summed E-state index contributed by atoms with van der Waals surface area (Å²) in [5.41, 5.74) is 0. The first-order chi connectivity index (χ1) is 9.51. The van der Waals surface area contributed by atoms with E-state index in [1.165, 1.54) is 0 Å². The number of amides is 4. The minimum atomic E-state index is -1.68. The Morgan fingerprint density at radius 2 is 1.10 bits per heavy atom. The second-order valence-electron chi connectivity index (χ2n) is 4.61. The lowest BCUT2D eigenvalue weighted by Gasteiger charge is -2.38. The van der Waals surface area contributed by atoms with Crippen molar-refractivity contribution >= 4 is 32.0 Å². The predicted octanol–water partition coefficient (Wildman–Crippen LogP) is 0.853. The van der Waals surface area contributed by atoms with Crippen LogP contribution >= 0.6 is 8.37 Å².